The molecule has 0 amide bonds. The van der Waals surface area contributed by atoms with E-state index in [-0.39, 0.29) is 0 Å². The molecule has 8 aromatic rings. The molecule has 8 heteroatoms. The van der Waals surface area contributed by atoms with Gasteiger partial charge in [0, 0.05) is 60.8 Å². The summed E-state index contributed by atoms with van der Waals surface area (Å²) in [5, 5.41) is 4.38. The first-order chi connectivity index (χ1) is 25.6. The summed E-state index contributed by atoms with van der Waals surface area (Å²) in [4.78, 5) is 25.1. The van der Waals surface area contributed by atoms with E-state index in [9.17, 15) is 0 Å². The van der Waals surface area contributed by atoms with Gasteiger partial charge in [-0.2, -0.15) is 0 Å². The summed E-state index contributed by atoms with van der Waals surface area (Å²) in [6.45, 7) is 4.18. The Hall–Kier alpha value is -5.96. The van der Waals surface area contributed by atoms with Gasteiger partial charge < -0.3 is 9.47 Å². The van der Waals surface area contributed by atoms with Crippen molar-refractivity contribution in [3.8, 4) is 11.5 Å². The molecule has 4 aromatic carbocycles. The molecule has 0 radical (unpaired) electrons. The number of rotatable bonds is 13. The quantitative estimate of drug-likeness (QED) is 0.120. The number of aromatic nitrogens is 4. The maximum Gasteiger partial charge on any atom is 0.145 e. The summed E-state index contributed by atoms with van der Waals surface area (Å²) < 4.78 is 11.3. The van der Waals surface area contributed by atoms with Crippen molar-refractivity contribution < 1.29 is 9.47 Å². The van der Waals surface area contributed by atoms with Gasteiger partial charge in [0.15, 0.2) is 0 Å². The summed E-state index contributed by atoms with van der Waals surface area (Å²) in [5.41, 5.74) is 7.71. The zero-order chi connectivity index (χ0) is 35.3. The average molecular weight is 685 g/mol. The van der Waals surface area contributed by atoms with E-state index in [1.807, 2.05) is 36.4 Å². The summed E-state index contributed by atoms with van der Waals surface area (Å²) >= 11 is 0. The molecule has 8 nitrogen and oxygen atoms in total. The van der Waals surface area contributed by atoms with Crippen molar-refractivity contribution in [2.75, 3.05) is 27.3 Å². The fraction of sp³-hybridized carbons (Fsp3) is 0.182. The highest BCUT2D eigenvalue weighted by Crippen LogP contribution is 2.26. The molecule has 52 heavy (non-hydrogen) atoms. The zero-order valence-electron chi connectivity index (χ0n) is 29.4. The SMILES string of the molecule is COc1cccc2ccc(CN(CCN(Cc3ccc4ccccc4n3)Cc3ccc4cccc(OC)c4n3)Cc3ccc4ccccc4n3)nc12. The molecule has 0 unspecified atom stereocenters. The normalized spacial score (nSPS) is 11.7. The Kier molecular flexibility index (Phi) is 9.65. The Morgan fingerprint density at radius 2 is 0.750 bits per heavy atom. The first-order valence-electron chi connectivity index (χ1n) is 17.6. The van der Waals surface area contributed by atoms with Crippen molar-refractivity contribution in [1.82, 2.24) is 29.7 Å². The van der Waals surface area contributed by atoms with E-state index in [1.165, 1.54) is 0 Å². The van der Waals surface area contributed by atoms with Gasteiger partial charge in [-0.3, -0.25) is 19.8 Å². The standard InChI is InChI=1S/C44H40N6O2/c1-51-41-15-7-11-33-19-23-37(47-43(33)41)29-49(27-35-21-17-31-9-3-5-13-39(31)45-35)25-26-50(28-36-22-18-32-10-4-6-14-40(32)46-36)30-38-24-20-34-12-8-16-42(52-2)44(34)48-38/h3-24H,25-30H2,1-2H3. The molecule has 0 bridgehead atoms. The lowest BCUT2D eigenvalue weighted by Gasteiger charge is -2.27. The van der Waals surface area contributed by atoms with Crippen molar-refractivity contribution >= 4 is 43.6 Å². The van der Waals surface area contributed by atoms with Gasteiger partial charge >= 0.3 is 0 Å². The Morgan fingerprint density at radius 1 is 0.385 bits per heavy atom. The van der Waals surface area contributed by atoms with E-state index in [1.54, 1.807) is 14.2 Å². The van der Waals surface area contributed by atoms with Crippen LogP contribution in [-0.4, -0.2) is 57.0 Å². The molecule has 0 aliphatic carbocycles. The molecule has 4 aromatic heterocycles. The third kappa shape index (κ3) is 7.39. The van der Waals surface area contributed by atoms with Crippen molar-refractivity contribution in [3.63, 3.8) is 0 Å². The first kappa shape index (κ1) is 33.2. The minimum absolute atomic E-state index is 0.649. The van der Waals surface area contributed by atoms with Crippen molar-refractivity contribution in [2.45, 2.75) is 26.2 Å². The van der Waals surface area contributed by atoms with Crippen LogP contribution in [0.3, 0.4) is 0 Å². The summed E-state index contributed by atoms with van der Waals surface area (Å²) in [5.74, 6) is 1.55. The van der Waals surface area contributed by atoms with Crippen molar-refractivity contribution in [1.29, 1.82) is 0 Å². The summed E-state index contributed by atoms with van der Waals surface area (Å²) in [6, 6.07) is 45.7. The number of ether oxygens (including phenoxy) is 2. The third-order valence-electron chi connectivity index (χ3n) is 9.51. The van der Waals surface area contributed by atoms with Crippen LogP contribution in [0.1, 0.15) is 22.8 Å². The molecule has 0 atom stereocenters. The zero-order valence-corrected chi connectivity index (χ0v) is 29.4. The van der Waals surface area contributed by atoms with Crippen LogP contribution in [0.25, 0.3) is 43.6 Å². The van der Waals surface area contributed by atoms with Gasteiger partial charge in [0.1, 0.15) is 22.5 Å². The van der Waals surface area contributed by atoms with E-state index < -0.39 is 0 Å². The monoisotopic (exact) mass is 684 g/mol. The largest absolute Gasteiger partial charge is 0.494 e. The predicted octanol–water partition coefficient (Wildman–Crippen LogP) is 8.60. The van der Waals surface area contributed by atoms with Crippen LogP contribution in [0.2, 0.25) is 0 Å². The fourth-order valence-electron chi connectivity index (χ4n) is 6.85. The molecule has 0 N–H and O–H groups in total. The van der Waals surface area contributed by atoms with Gasteiger partial charge in [-0.15, -0.1) is 0 Å². The van der Waals surface area contributed by atoms with E-state index in [0.29, 0.717) is 26.2 Å². The Balaban J connectivity index is 1.11. The number of fused-ring (bicyclic) bond motifs is 4. The molecule has 0 saturated heterocycles. The highest BCUT2D eigenvalue weighted by molar-refractivity contribution is 5.85. The topological polar surface area (TPSA) is 76.5 Å². The van der Waals surface area contributed by atoms with Crippen LogP contribution in [-0.2, 0) is 26.2 Å². The van der Waals surface area contributed by atoms with Gasteiger partial charge in [0.2, 0.25) is 0 Å². The second-order valence-corrected chi connectivity index (χ2v) is 13.1. The average Bonchev–Trinajstić information content (AvgIpc) is 3.19. The van der Waals surface area contributed by atoms with Crippen molar-refractivity contribution in [2.24, 2.45) is 0 Å². The van der Waals surface area contributed by atoms with Crippen molar-refractivity contribution in [3.05, 3.63) is 156 Å². The number of benzene rings is 4. The molecular formula is C44H40N6O2. The molecule has 0 saturated carbocycles. The van der Waals surface area contributed by atoms with Crippen LogP contribution < -0.4 is 9.47 Å². The fourth-order valence-corrected chi connectivity index (χ4v) is 6.85. The van der Waals surface area contributed by atoms with Crippen LogP contribution in [0.15, 0.2) is 133 Å². The third-order valence-corrected chi connectivity index (χ3v) is 9.51. The van der Waals surface area contributed by atoms with E-state index in [4.69, 9.17) is 29.4 Å². The lowest BCUT2D eigenvalue weighted by Crippen LogP contribution is -2.35. The summed E-state index contributed by atoms with van der Waals surface area (Å²) in [6.07, 6.45) is 0. The van der Waals surface area contributed by atoms with Crippen LogP contribution >= 0.6 is 0 Å². The van der Waals surface area contributed by atoms with Gasteiger partial charge in [-0.25, -0.2) is 9.97 Å². The van der Waals surface area contributed by atoms with Gasteiger partial charge in [-0.05, 0) is 48.5 Å². The molecule has 4 heterocycles. The molecule has 258 valence electrons. The maximum atomic E-state index is 5.67. The van der Waals surface area contributed by atoms with Crippen LogP contribution in [0, 0.1) is 0 Å². The first-order valence-corrected chi connectivity index (χ1v) is 17.6. The lowest BCUT2D eigenvalue weighted by molar-refractivity contribution is 0.178. The number of hydrogen-bond acceptors (Lipinski definition) is 8. The number of methoxy groups -OCH3 is 2. The van der Waals surface area contributed by atoms with Gasteiger partial charge in [0.05, 0.1) is 48.0 Å². The van der Waals surface area contributed by atoms with Crippen LogP contribution in [0.4, 0.5) is 0 Å². The Bertz CT molecular complexity index is 2330. The molecule has 0 fully saturated rings. The van der Waals surface area contributed by atoms with Gasteiger partial charge in [-0.1, -0.05) is 84.9 Å². The second-order valence-electron chi connectivity index (χ2n) is 13.1. The molecular weight excluding hydrogens is 645 g/mol. The number of nitrogens with zero attached hydrogens (tertiary/aromatic N) is 6. The van der Waals surface area contributed by atoms with Gasteiger partial charge in [0.25, 0.3) is 0 Å². The molecule has 0 aliphatic heterocycles. The minimum atomic E-state index is 0.649. The second kappa shape index (κ2) is 15.1. The van der Waals surface area contributed by atoms with E-state index >= 15 is 0 Å². The molecule has 0 spiro atoms. The number of para-hydroxylation sites is 4. The predicted molar refractivity (Wildman–Crippen MR) is 208 cm³/mol. The van der Waals surface area contributed by atoms with Crippen LogP contribution in [0.5, 0.6) is 11.5 Å². The molecule has 8 rings (SSSR count). The minimum Gasteiger partial charge on any atom is -0.494 e. The van der Waals surface area contributed by atoms with E-state index in [2.05, 4.69) is 107 Å². The smallest absolute Gasteiger partial charge is 0.145 e. The number of hydrogen-bond donors (Lipinski definition) is 0. The lowest BCUT2D eigenvalue weighted by atomic mass is 10.1. The Labute approximate surface area is 303 Å². The highest BCUT2D eigenvalue weighted by Gasteiger charge is 2.17. The summed E-state index contributed by atoms with van der Waals surface area (Å²) in [7, 11) is 3.39. The maximum absolute atomic E-state index is 5.67. The highest BCUT2D eigenvalue weighted by atomic mass is 16.5. The Morgan fingerprint density at radius 3 is 1.17 bits per heavy atom. The number of pyridine rings is 4. The molecule has 0 aliphatic rings. The van der Waals surface area contributed by atoms with E-state index in [0.717, 1.165) is 91.0 Å².